The number of carboxylic acids is 1. The number of carbonyl (C=O) groups is 1. The molecule has 2 bridgehead atoms. The molecule has 0 aromatic carbocycles. The normalized spacial score (nSPS) is 32.2. The van der Waals surface area contributed by atoms with E-state index in [1.807, 2.05) is 0 Å². The fourth-order valence-electron chi connectivity index (χ4n) is 4.86. The molecule has 4 saturated carbocycles. The number of aromatic nitrogens is 2. The molecule has 0 saturated heterocycles. The van der Waals surface area contributed by atoms with Crippen LogP contribution in [0.25, 0.3) is 0 Å². The Morgan fingerprint density at radius 3 is 2.11 bits per heavy atom. The Kier molecular flexibility index (Phi) is 3.28. The number of aromatic carboxylic acids is 1. The molecule has 1 N–H and O–H groups in total. The van der Waals surface area contributed by atoms with Crippen LogP contribution in [0.15, 0.2) is 0 Å². The van der Waals surface area contributed by atoms with Crippen LogP contribution in [0.3, 0.4) is 0 Å². The zero-order valence-electron chi connectivity index (χ0n) is 14.0. The van der Waals surface area contributed by atoms with E-state index in [4.69, 9.17) is 0 Å². The number of halogens is 7. The van der Waals surface area contributed by atoms with Crippen LogP contribution in [0.2, 0.25) is 0 Å². The zero-order chi connectivity index (χ0) is 20.2. The lowest BCUT2D eigenvalue weighted by molar-refractivity contribution is -0.305. The average molecular weight is 400 g/mol. The lowest BCUT2D eigenvalue weighted by Gasteiger charge is -2.66. The summed E-state index contributed by atoms with van der Waals surface area (Å²) in [6.07, 6.45) is -6.89. The van der Waals surface area contributed by atoms with Gasteiger partial charge in [0.15, 0.2) is 5.69 Å². The first-order chi connectivity index (χ1) is 12.1. The molecule has 4 aliphatic rings. The molecular weight excluding hydrogens is 385 g/mol. The Morgan fingerprint density at radius 1 is 1.22 bits per heavy atom. The molecule has 27 heavy (non-hydrogen) atoms. The van der Waals surface area contributed by atoms with Gasteiger partial charge in [-0.15, -0.1) is 0 Å². The molecule has 5 rings (SSSR count). The highest BCUT2D eigenvalue weighted by Gasteiger charge is 2.81. The SMILES string of the molecule is CC1(Cn2nc(C34CC(C3)C4(F)F)c(C(F)(F)F)c2C(=O)O)CC(F)(F)C1. The van der Waals surface area contributed by atoms with Crippen LogP contribution in [0.5, 0.6) is 0 Å². The Bertz CT molecular complexity index is 829. The molecule has 0 atom stereocenters. The van der Waals surface area contributed by atoms with Crippen LogP contribution in [0.4, 0.5) is 30.7 Å². The molecule has 0 aliphatic heterocycles. The van der Waals surface area contributed by atoms with Gasteiger partial charge in [-0.05, 0) is 18.3 Å². The van der Waals surface area contributed by atoms with E-state index in [-0.39, 0.29) is 12.8 Å². The molecule has 1 aromatic heterocycles. The Morgan fingerprint density at radius 2 is 1.78 bits per heavy atom. The van der Waals surface area contributed by atoms with Crippen LogP contribution >= 0.6 is 0 Å². The van der Waals surface area contributed by atoms with E-state index < -0.39 is 77.1 Å². The van der Waals surface area contributed by atoms with E-state index in [2.05, 4.69) is 5.10 Å². The maximum atomic E-state index is 14.1. The first-order valence-electron chi connectivity index (χ1n) is 8.29. The molecule has 1 heterocycles. The van der Waals surface area contributed by atoms with E-state index in [1.54, 1.807) is 0 Å². The third kappa shape index (κ3) is 2.29. The van der Waals surface area contributed by atoms with Crippen molar-refractivity contribution < 1.29 is 40.6 Å². The van der Waals surface area contributed by atoms with E-state index in [0.717, 1.165) is 0 Å². The summed E-state index contributed by atoms with van der Waals surface area (Å²) >= 11 is 0. The van der Waals surface area contributed by atoms with Gasteiger partial charge < -0.3 is 5.11 Å². The van der Waals surface area contributed by atoms with Crippen molar-refractivity contribution in [1.29, 1.82) is 0 Å². The van der Waals surface area contributed by atoms with E-state index in [1.165, 1.54) is 6.92 Å². The smallest absolute Gasteiger partial charge is 0.420 e. The second-order valence-electron chi connectivity index (χ2n) is 8.36. The summed E-state index contributed by atoms with van der Waals surface area (Å²) < 4.78 is 95.9. The molecule has 4 fully saturated rings. The van der Waals surface area contributed by atoms with E-state index in [9.17, 15) is 40.6 Å². The van der Waals surface area contributed by atoms with Crippen molar-refractivity contribution in [2.75, 3.05) is 0 Å². The fraction of sp³-hybridized carbons (Fsp3) is 0.750. The van der Waals surface area contributed by atoms with Crippen LogP contribution in [-0.2, 0) is 18.1 Å². The van der Waals surface area contributed by atoms with Crippen LogP contribution in [0.1, 0.15) is 54.4 Å². The van der Waals surface area contributed by atoms with Crippen LogP contribution < -0.4 is 0 Å². The summed E-state index contributed by atoms with van der Waals surface area (Å²) in [5.74, 6) is -9.37. The highest BCUT2D eigenvalue weighted by Crippen LogP contribution is 2.74. The molecule has 1 aromatic rings. The van der Waals surface area contributed by atoms with Crippen molar-refractivity contribution >= 4 is 5.97 Å². The topological polar surface area (TPSA) is 55.1 Å². The van der Waals surface area contributed by atoms with Crippen LogP contribution in [0, 0.1) is 11.3 Å². The molecule has 4 aliphatic carbocycles. The number of alkyl halides is 7. The van der Waals surface area contributed by atoms with E-state index in [0.29, 0.717) is 4.68 Å². The molecular formula is C16H15F7N2O2. The zero-order valence-corrected chi connectivity index (χ0v) is 14.0. The molecule has 0 spiro atoms. The number of carboxylic acid groups (broad SMARTS) is 1. The van der Waals surface area contributed by atoms with Crippen molar-refractivity contribution in [2.24, 2.45) is 11.3 Å². The number of nitrogens with zero attached hydrogens (tertiary/aromatic N) is 2. The minimum Gasteiger partial charge on any atom is -0.477 e. The van der Waals surface area contributed by atoms with Gasteiger partial charge in [0.05, 0.1) is 11.1 Å². The number of hydrogen-bond acceptors (Lipinski definition) is 2. The van der Waals surface area contributed by atoms with Gasteiger partial charge in [-0.1, -0.05) is 6.92 Å². The highest BCUT2D eigenvalue weighted by molar-refractivity contribution is 5.88. The van der Waals surface area contributed by atoms with E-state index >= 15 is 0 Å². The summed E-state index contributed by atoms with van der Waals surface area (Å²) in [6, 6.07) is 0. The predicted molar refractivity (Wildman–Crippen MR) is 75.8 cm³/mol. The fourth-order valence-corrected chi connectivity index (χ4v) is 4.86. The Balaban J connectivity index is 1.82. The summed E-state index contributed by atoms with van der Waals surface area (Å²) in [6.45, 7) is 0.860. The maximum absolute atomic E-state index is 14.1. The minimum absolute atomic E-state index is 0.200. The molecule has 4 nitrogen and oxygen atoms in total. The maximum Gasteiger partial charge on any atom is 0.420 e. The van der Waals surface area contributed by atoms with Gasteiger partial charge in [0, 0.05) is 25.3 Å². The summed E-state index contributed by atoms with van der Waals surface area (Å²) in [5.41, 5.74) is -7.23. The van der Waals surface area contributed by atoms with Crippen molar-refractivity contribution in [2.45, 2.75) is 62.6 Å². The largest absolute Gasteiger partial charge is 0.477 e. The van der Waals surface area contributed by atoms with Gasteiger partial charge in [-0.25, -0.2) is 22.4 Å². The summed E-state index contributed by atoms with van der Waals surface area (Å²) in [7, 11) is 0. The third-order valence-electron chi connectivity index (χ3n) is 6.13. The lowest BCUT2D eigenvalue weighted by Crippen LogP contribution is -2.74. The standard InChI is InChI=1S/C16H15F7N2O2/c1-12(4-14(17,18)5-12)6-25-9(11(26)27)8(16(21,22)23)10(24-25)13-2-7(3-13)15(13,19)20/h7H,2-6H2,1H3,(H,26,27). The number of rotatable bonds is 4. The average Bonchev–Trinajstić information content (AvgIpc) is 2.72. The lowest BCUT2D eigenvalue weighted by atomic mass is 9.40. The molecule has 0 unspecified atom stereocenters. The second kappa shape index (κ2) is 4.78. The minimum atomic E-state index is -5.21. The van der Waals surface area contributed by atoms with Gasteiger partial charge in [-0.2, -0.15) is 18.3 Å². The highest BCUT2D eigenvalue weighted by atomic mass is 19.4. The first kappa shape index (κ1) is 18.5. The van der Waals surface area contributed by atoms with Gasteiger partial charge in [-0.3, -0.25) is 4.68 Å². The summed E-state index contributed by atoms with van der Waals surface area (Å²) in [4.78, 5) is 11.5. The monoisotopic (exact) mass is 400 g/mol. The van der Waals surface area contributed by atoms with Crippen molar-refractivity contribution in [1.82, 2.24) is 9.78 Å². The first-order valence-corrected chi connectivity index (χ1v) is 8.29. The Hall–Kier alpha value is -1.81. The van der Waals surface area contributed by atoms with Crippen molar-refractivity contribution in [3.8, 4) is 0 Å². The van der Waals surface area contributed by atoms with Crippen molar-refractivity contribution in [3.63, 3.8) is 0 Å². The molecule has 0 amide bonds. The molecule has 0 radical (unpaired) electrons. The molecule has 150 valence electrons. The van der Waals surface area contributed by atoms with Crippen molar-refractivity contribution in [3.05, 3.63) is 17.0 Å². The van der Waals surface area contributed by atoms with Crippen LogP contribution in [-0.4, -0.2) is 32.7 Å². The molecule has 11 heteroatoms. The number of hydrogen-bond donors (Lipinski definition) is 1. The Labute approximate surface area is 148 Å². The van der Waals surface area contributed by atoms with Gasteiger partial charge in [0.25, 0.3) is 5.92 Å². The van der Waals surface area contributed by atoms with Gasteiger partial charge >= 0.3 is 12.1 Å². The summed E-state index contributed by atoms with van der Waals surface area (Å²) in [5, 5.41) is 12.9. The third-order valence-corrected chi connectivity index (χ3v) is 6.13. The van der Waals surface area contributed by atoms with Gasteiger partial charge in [0.1, 0.15) is 5.56 Å². The quantitative estimate of drug-likeness (QED) is 0.766. The predicted octanol–water partition coefficient (Wildman–Crippen LogP) is 4.33. The second-order valence-corrected chi connectivity index (χ2v) is 8.36. The van der Waals surface area contributed by atoms with Gasteiger partial charge in [0.2, 0.25) is 5.92 Å².